The highest BCUT2D eigenvalue weighted by atomic mass is 19.1. The van der Waals surface area contributed by atoms with E-state index in [0.717, 1.165) is 37.0 Å². The van der Waals surface area contributed by atoms with E-state index >= 15 is 0 Å². The normalized spacial score (nSPS) is 18.0. The Labute approximate surface area is 153 Å². The van der Waals surface area contributed by atoms with Crippen LogP contribution in [0.25, 0.3) is 0 Å². The third-order valence-electron chi connectivity index (χ3n) is 4.78. The lowest BCUT2D eigenvalue weighted by Crippen LogP contribution is -3.11. The van der Waals surface area contributed by atoms with E-state index in [9.17, 15) is 14.0 Å². The van der Waals surface area contributed by atoms with E-state index in [1.807, 2.05) is 11.9 Å². The van der Waals surface area contributed by atoms with Crippen LogP contribution >= 0.6 is 0 Å². The van der Waals surface area contributed by atoms with Gasteiger partial charge in [0.25, 0.3) is 11.8 Å². The number of anilines is 1. The highest BCUT2D eigenvalue weighted by Crippen LogP contribution is 2.33. The number of allylic oxidation sites excluding steroid dienone is 2. The summed E-state index contributed by atoms with van der Waals surface area (Å²) in [5, 5.41) is 2.68. The number of benzene rings is 1. The first kappa shape index (κ1) is 18.6. The average Bonchev–Trinajstić information content (AvgIpc) is 3.40. The van der Waals surface area contributed by atoms with E-state index in [1.165, 1.54) is 24.3 Å². The number of halogens is 1. The van der Waals surface area contributed by atoms with Gasteiger partial charge >= 0.3 is 0 Å². The van der Waals surface area contributed by atoms with Crippen LogP contribution in [0.5, 0.6) is 0 Å². The highest BCUT2D eigenvalue weighted by Gasteiger charge is 2.36. The largest absolute Gasteiger partial charge is 0.322 e. The van der Waals surface area contributed by atoms with Crippen LogP contribution in [0.15, 0.2) is 36.0 Å². The maximum absolute atomic E-state index is 13.2. The van der Waals surface area contributed by atoms with E-state index in [1.54, 1.807) is 12.1 Å². The van der Waals surface area contributed by atoms with Gasteiger partial charge in [-0.1, -0.05) is 12.1 Å². The molecule has 6 heteroatoms. The molecular formula is C20H27FN3O2+. The van der Waals surface area contributed by atoms with Gasteiger partial charge in [-0.15, -0.1) is 0 Å². The minimum Gasteiger partial charge on any atom is -0.322 e. The number of nitrogens with one attached hydrogen (secondary N) is 2. The lowest BCUT2D eigenvalue weighted by molar-refractivity contribution is -0.862. The van der Waals surface area contributed by atoms with Gasteiger partial charge in [-0.2, -0.15) is 0 Å². The molecule has 1 atom stereocenters. The van der Waals surface area contributed by atoms with Crippen LogP contribution in [-0.2, 0) is 9.59 Å². The van der Waals surface area contributed by atoms with Crippen molar-refractivity contribution in [3.8, 4) is 0 Å². The Morgan fingerprint density at radius 2 is 2.08 bits per heavy atom. The topological polar surface area (TPSA) is 53.9 Å². The monoisotopic (exact) mass is 360 g/mol. The molecule has 1 unspecified atom stereocenters. The third kappa shape index (κ3) is 5.14. The SMILES string of the molecule is C[NH+](CC(=O)Nc1cccc(F)c1)CC(=O)N(C1=CCCCC1)C1CC1. The second-order valence-corrected chi connectivity index (χ2v) is 7.31. The molecule has 2 aliphatic rings. The van der Waals surface area contributed by atoms with Crippen LogP contribution in [0, 0.1) is 5.82 Å². The van der Waals surface area contributed by atoms with Crippen LogP contribution in [0.2, 0.25) is 0 Å². The molecule has 2 aliphatic carbocycles. The summed E-state index contributed by atoms with van der Waals surface area (Å²) < 4.78 is 13.2. The van der Waals surface area contributed by atoms with Crippen LogP contribution in [0.1, 0.15) is 38.5 Å². The molecule has 0 radical (unpaired) electrons. The molecule has 2 amide bonds. The maximum Gasteiger partial charge on any atom is 0.282 e. The predicted octanol–water partition coefficient (Wildman–Crippen LogP) is 1.73. The van der Waals surface area contributed by atoms with E-state index < -0.39 is 0 Å². The number of hydrogen-bond acceptors (Lipinski definition) is 2. The molecule has 0 spiro atoms. The Kier molecular flexibility index (Phi) is 6.04. The number of carbonyl (C=O) groups is 2. The number of quaternary nitrogens is 1. The summed E-state index contributed by atoms with van der Waals surface area (Å²) in [6.07, 6.45) is 8.70. The number of carbonyl (C=O) groups excluding carboxylic acids is 2. The van der Waals surface area contributed by atoms with Gasteiger partial charge in [-0.25, -0.2) is 4.39 Å². The third-order valence-corrected chi connectivity index (χ3v) is 4.78. The molecule has 0 heterocycles. The van der Waals surface area contributed by atoms with Crippen molar-refractivity contribution in [2.45, 2.75) is 44.6 Å². The first-order valence-electron chi connectivity index (χ1n) is 9.41. The van der Waals surface area contributed by atoms with Crippen molar-refractivity contribution in [2.24, 2.45) is 0 Å². The molecule has 3 rings (SSSR count). The van der Waals surface area contributed by atoms with Gasteiger partial charge in [0.15, 0.2) is 13.1 Å². The van der Waals surface area contributed by atoms with Gasteiger partial charge in [-0.05, 0) is 56.7 Å². The molecule has 0 aromatic heterocycles. The van der Waals surface area contributed by atoms with Crippen molar-refractivity contribution in [2.75, 3.05) is 25.5 Å². The van der Waals surface area contributed by atoms with Crippen molar-refractivity contribution >= 4 is 17.5 Å². The number of amides is 2. The average molecular weight is 360 g/mol. The Morgan fingerprint density at radius 1 is 1.27 bits per heavy atom. The zero-order chi connectivity index (χ0) is 18.5. The Hall–Kier alpha value is -2.21. The molecule has 1 aromatic rings. The fraction of sp³-hybridized carbons (Fsp3) is 0.500. The molecule has 26 heavy (non-hydrogen) atoms. The second-order valence-electron chi connectivity index (χ2n) is 7.31. The van der Waals surface area contributed by atoms with Gasteiger partial charge in [0.1, 0.15) is 5.82 Å². The Balaban J connectivity index is 1.52. The number of rotatable bonds is 7. The maximum atomic E-state index is 13.2. The standard InChI is InChI=1S/C20H26FN3O2/c1-23(13-19(25)22-16-7-5-6-15(21)12-16)14-20(26)24(18-10-11-18)17-8-3-2-4-9-17/h5-8,12,18H,2-4,9-11,13-14H2,1H3,(H,22,25)/p+1. The summed E-state index contributed by atoms with van der Waals surface area (Å²) >= 11 is 0. The predicted molar refractivity (Wildman–Crippen MR) is 98.1 cm³/mol. The summed E-state index contributed by atoms with van der Waals surface area (Å²) in [5.41, 5.74) is 1.60. The lowest BCUT2D eigenvalue weighted by Gasteiger charge is -2.28. The molecule has 5 nitrogen and oxygen atoms in total. The second kappa shape index (κ2) is 8.45. The van der Waals surface area contributed by atoms with Crippen molar-refractivity contribution in [1.82, 2.24) is 4.90 Å². The Bertz CT molecular complexity index is 700. The fourth-order valence-corrected chi connectivity index (χ4v) is 3.42. The Morgan fingerprint density at radius 3 is 2.73 bits per heavy atom. The van der Waals surface area contributed by atoms with Crippen molar-refractivity contribution < 1.29 is 18.9 Å². The van der Waals surface area contributed by atoms with E-state index in [2.05, 4.69) is 11.4 Å². The summed E-state index contributed by atoms with van der Waals surface area (Å²) in [5.74, 6) is -0.521. The van der Waals surface area contributed by atoms with Crippen molar-refractivity contribution in [3.05, 3.63) is 41.9 Å². The zero-order valence-electron chi connectivity index (χ0n) is 15.3. The minimum atomic E-state index is -0.389. The van der Waals surface area contributed by atoms with Gasteiger partial charge in [0, 0.05) is 17.4 Å². The zero-order valence-corrected chi connectivity index (χ0v) is 15.3. The molecule has 2 N–H and O–H groups in total. The summed E-state index contributed by atoms with van der Waals surface area (Å²) in [4.78, 5) is 27.7. The van der Waals surface area contributed by atoms with Crippen molar-refractivity contribution in [3.63, 3.8) is 0 Å². The molecule has 1 aromatic carbocycles. The van der Waals surface area contributed by atoms with Crippen LogP contribution in [0.4, 0.5) is 10.1 Å². The van der Waals surface area contributed by atoms with Gasteiger partial charge in [0.2, 0.25) is 0 Å². The van der Waals surface area contributed by atoms with Crippen LogP contribution in [0.3, 0.4) is 0 Å². The van der Waals surface area contributed by atoms with E-state index in [0.29, 0.717) is 11.7 Å². The number of likely N-dealkylation sites (N-methyl/N-ethyl adjacent to an activating group) is 1. The number of nitrogens with zero attached hydrogens (tertiary/aromatic N) is 1. The van der Waals surface area contributed by atoms with E-state index in [-0.39, 0.29) is 30.7 Å². The van der Waals surface area contributed by atoms with Gasteiger partial charge in [0.05, 0.1) is 7.05 Å². The smallest absolute Gasteiger partial charge is 0.282 e. The molecule has 0 bridgehead atoms. The summed E-state index contributed by atoms with van der Waals surface area (Å²) in [7, 11) is 1.84. The molecule has 140 valence electrons. The number of hydrogen-bond donors (Lipinski definition) is 2. The summed E-state index contributed by atoms with van der Waals surface area (Å²) in [6, 6.07) is 6.16. The van der Waals surface area contributed by atoms with Gasteiger partial charge < -0.3 is 15.1 Å². The quantitative estimate of drug-likeness (QED) is 0.778. The molecular weight excluding hydrogens is 333 g/mol. The van der Waals surface area contributed by atoms with Crippen LogP contribution < -0.4 is 10.2 Å². The van der Waals surface area contributed by atoms with E-state index in [4.69, 9.17) is 0 Å². The van der Waals surface area contributed by atoms with Crippen molar-refractivity contribution in [1.29, 1.82) is 0 Å². The first-order valence-corrected chi connectivity index (χ1v) is 9.41. The summed E-state index contributed by atoms with van der Waals surface area (Å²) in [6.45, 7) is 0.449. The first-order chi connectivity index (χ1) is 12.5. The lowest BCUT2D eigenvalue weighted by atomic mass is 10.0. The molecule has 0 saturated heterocycles. The minimum absolute atomic E-state index is 0.0942. The van der Waals surface area contributed by atoms with Crippen LogP contribution in [-0.4, -0.2) is 42.9 Å². The van der Waals surface area contributed by atoms with Gasteiger partial charge in [-0.3, -0.25) is 9.59 Å². The molecule has 0 aliphatic heterocycles. The fourth-order valence-electron chi connectivity index (χ4n) is 3.42. The molecule has 1 saturated carbocycles. The highest BCUT2D eigenvalue weighted by molar-refractivity contribution is 5.91. The molecule has 1 fully saturated rings.